The monoisotopic (exact) mass is 325 g/mol. The van der Waals surface area contributed by atoms with Crippen molar-refractivity contribution in [1.82, 2.24) is 9.88 Å². The first-order valence-electron chi connectivity index (χ1n) is 8.82. The molecule has 1 aliphatic heterocycles. The normalized spacial score (nSPS) is 14.8. The predicted molar refractivity (Wildman–Crippen MR) is 99.1 cm³/mol. The van der Waals surface area contributed by atoms with E-state index in [0.29, 0.717) is 0 Å². The van der Waals surface area contributed by atoms with Crippen molar-refractivity contribution in [3.63, 3.8) is 0 Å². The third-order valence-electron chi connectivity index (χ3n) is 4.64. The number of methoxy groups -OCH3 is 1. The average molecular weight is 325 g/mol. The van der Waals surface area contributed by atoms with Crippen LogP contribution in [-0.4, -0.2) is 30.1 Å². The third kappa shape index (κ3) is 3.88. The van der Waals surface area contributed by atoms with E-state index < -0.39 is 0 Å². The molecule has 2 aromatic rings. The van der Waals surface area contributed by atoms with Gasteiger partial charge in [0.05, 0.1) is 18.5 Å². The Balaban J connectivity index is 1.78. The smallest absolute Gasteiger partial charge is 0.216 e. The van der Waals surface area contributed by atoms with Crippen LogP contribution in [0.4, 0.5) is 11.4 Å². The molecule has 0 bridgehead atoms. The molecule has 1 N–H and O–H groups in total. The zero-order chi connectivity index (χ0) is 16.9. The molecule has 0 unspecified atom stereocenters. The molecule has 1 aromatic carbocycles. The van der Waals surface area contributed by atoms with Crippen molar-refractivity contribution in [3.05, 3.63) is 47.2 Å². The Morgan fingerprint density at radius 2 is 2.00 bits per heavy atom. The minimum atomic E-state index is 0.725. The van der Waals surface area contributed by atoms with Crippen LogP contribution in [0.3, 0.4) is 0 Å². The number of aromatic nitrogens is 1. The minimum Gasteiger partial charge on any atom is -0.481 e. The van der Waals surface area contributed by atoms with E-state index in [0.717, 1.165) is 41.5 Å². The standard InChI is InChI=1S/C20H27N3O/c1-4-17-13-19(15(2)21-20(17)24-3)22-18-9-7-8-16(12-18)14-23-10-5-6-11-23/h7-9,12-13,22H,4-6,10-11,14H2,1-3H3. The zero-order valence-electron chi connectivity index (χ0n) is 14.9. The molecule has 0 atom stereocenters. The topological polar surface area (TPSA) is 37.4 Å². The number of aryl methyl sites for hydroxylation is 2. The van der Waals surface area contributed by atoms with Crippen LogP contribution < -0.4 is 10.1 Å². The molecule has 1 aliphatic rings. The minimum absolute atomic E-state index is 0.725. The Hall–Kier alpha value is -2.07. The van der Waals surface area contributed by atoms with Gasteiger partial charge in [-0.2, -0.15) is 0 Å². The Bertz CT molecular complexity index is 693. The molecule has 1 saturated heterocycles. The number of likely N-dealkylation sites (tertiary alicyclic amines) is 1. The van der Waals surface area contributed by atoms with Gasteiger partial charge in [0, 0.05) is 17.8 Å². The molecule has 3 rings (SSSR count). The summed E-state index contributed by atoms with van der Waals surface area (Å²) in [6, 6.07) is 10.8. The van der Waals surface area contributed by atoms with Gasteiger partial charge < -0.3 is 10.1 Å². The molecule has 0 amide bonds. The fraction of sp³-hybridized carbons (Fsp3) is 0.450. The van der Waals surface area contributed by atoms with E-state index in [1.54, 1.807) is 7.11 Å². The van der Waals surface area contributed by atoms with Crippen molar-refractivity contribution >= 4 is 11.4 Å². The molecule has 128 valence electrons. The van der Waals surface area contributed by atoms with Gasteiger partial charge in [-0.3, -0.25) is 4.90 Å². The lowest BCUT2D eigenvalue weighted by atomic mass is 10.1. The average Bonchev–Trinajstić information content (AvgIpc) is 3.09. The van der Waals surface area contributed by atoms with E-state index in [4.69, 9.17) is 4.74 Å². The fourth-order valence-electron chi connectivity index (χ4n) is 3.28. The quantitative estimate of drug-likeness (QED) is 0.859. The number of hydrogen-bond acceptors (Lipinski definition) is 4. The van der Waals surface area contributed by atoms with Gasteiger partial charge in [0.15, 0.2) is 0 Å². The summed E-state index contributed by atoms with van der Waals surface area (Å²) in [6.45, 7) is 7.61. The van der Waals surface area contributed by atoms with Gasteiger partial charge in [-0.25, -0.2) is 4.98 Å². The molecule has 0 saturated carbocycles. The highest BCUT2D eigenvalue weighted by atomic mass is 16.5. The van der Waals surface area contributed by atoms with E-state index in [1.807, 2.05) is 6.92 Å². The zero-order valence-corrected chi connectivity index (χ0v) is 14.9. The number of nitrogens with zero attached hydrogens (tertiary/aromatic N) is 2. The van der Waals surface area contributed by atoms with Crippen LogP contribution in [0.1, 0.15) is 36.6 Å². The number of hydrogen-bond donors (Lipinski definition) is 1. The lowest BCUT2D eigenvalue weighted by molar-refractivity contribution is 0.331. The van der Waals surface area contributed by atoms with Crippen molar-refractivity contribution < 1.29 is 4.74 Å². The first-order valence-corrected chi connectivity index (χ1v) is 8.82. The number of pyridine rings is 1. The van der Waals surface area contributed by atoms with Crippen LogP contribution in [0.25, 0.3) is 0 Å². The lowest BCUT2D eigenvalue weighted by Gasteiger charge is -2.16. The summed E-state index contributed by atoms with van der Waals surface area (Å²) in [5.41, 5.74) is 5.60. The van der Waals surface area contributed by atoms with E-state index in [1.165, 1.54) is 31.5 Å². The number of rotatable bonds is 6. The molecule has 24 heavy (non-hydrogen) atoms. The lowest BCUT2D eigenvalue weighted by Crippen LogP contribution is -2.18. The fourth-order valence-corrected chi connectivity index (χ4v) is 3.28. The summed E-state index contributed by atoms with van der Waals surface area (Å²) in [6.07, 6.45) is 3.56. The van der Waals surface area contributed by atoms with Crippen molar-refractivity contribution in [3.8, 4) is 5.88 Å². The maximum Gasteiger partial charge on any atom is 0.216 e. The molecule has 4 heteroatoms. The van der Waals surface area contributed by atoms with Gasteiger partial charge in [-0.1, -0.05) is 19.1 Å². The van der Waals surface area contributed by atoms with Crippen LogP contribution in [-0.2, 0) is 13.0 Å². The Morgan fingerprint density at radius 1 is 1.21 bits per heavy atom. The van der Waals surface area contributed by atoms with Gasteiger partial charge in [-0.15, -0.1) is 0 Å². The van der Waals surface area contributed by atoms with Gasteiger partial charge in [0.1, 0.15) is 0 Å². The highest BCUT2D eigenvalue weighted by molar-refractivity contribution is 5.63. The molecule has 0 spiro atoms. The largest absolute Gasteiger partial charge is 0.481 e. The predicted octanol–water partition coefficient (Wildman–Crippen LogP) is 4.30. The molecule has 2 heterocycles. The van der Waals surface area contributed by atoms with Crippen LogP contribution >= 0.6 is 0 Å². The molecule has 1 fully saturated rings. The van der Waals surface area contributed by atoms with E-state index >= 15 is 0 Å². The van der Waals surface area contributed by atoms with Crippen molar-refractivity contribution in [2.75, 3.05) is 25.5 Å². The molecule has 4 nitrogen and oxygen atoms in total. The number of benzene rings is 1. The second-order valence-corrected chi connectivity index (χ2v) is 6.45. The van der Waals surface area contributed by atoms with Gasteiger partial charge in [0.2, 0.25) is 5.88 Å². The molecule has 0 aliphatic carbocycles. The van der Waals surface area contributed by atoms with Crippen LogP contribution in [0, 0.1) is 6.92 Å². The third-order valence-corrected chi connectivity index (χ3v) is 4.64. The van der Waals surface area contributed by atoms with Crippen molar-refractivity contribution in [1.29, 1.82) is 0 Å². The second-order valence-electron chi connectivity index (χ2n) is 6.45. The highest BCUT2D eigenvalue weighted by Gasteiger charge is 2.12. The number of nitrogens with one attached hydrogen (secondary N) is 1. The molecular weight excluding hydrogens is 298 g/mol. The first-order chi connectivity index (χ1) is 11.7. The van der Waals surface area contributed by atoms with Crippen molar-refractivity contribution in [2.45, 2.75) is 39.7 Å². The maximum atomic E-state index is 5.37. The molecule has 0 radical (unpaired) electrons. The van der Waals surface area contributed by atoms with E-state index in [-0.39, 0.29) is 0 Å². The summed E-state index contributed by atoms with van der Waals surface area (Å²) in [4.78, 5) is 7.09. The summed E-state index contributed by atoms with van der Waals surface area (Å²) < 4.78 is 5.37. The summed E-state index contributed by atoms with van der Waals surface area (Å²) >= 11 is 0. The van der Waals surface area contributed by atoms with Crippen LogP contribution in [0.5, 0.6) is 5.88 Å². The Morgan fingerprint density at radius 3 is 2.71 bits per heavy atom. The summed E-state index contributed by atoms with van der Waals surface area (Å²) in [5, 5.41) is 3.53. The van der Waals surface area contributed by atoms with Crippen LogP contribution in [0.15, 0.2) is 30.3 Å². The Kier molecular flexibility index (Phi) is 5.36. The maximum absolute atomic E-state index is 5.37. The van der Waals surface area contributed by atoms with Gasteiger partial charge in [-0.05, 0) is 63.0 Å². The number of anilines is 2. The van der Waals surface area contributed by atoms with E-state index in [2.05, 4.69) is 52.5 Å². The van der Waals surface area contributed by atoms with Crippen molar-refractivity contribution in [2.24, 2.45) is 0 Å². The SMILES string of the molecule is CCc1cc(Nc2cccc(CN3CCCC3)c2)c(C)nc1OC. The highest BCUT2D eigenvalue weighted by Crippen LogP contribution is 2.27. The Labute approximate surface area is 144 Å². The summed E-state index contributed by atoms with van der Waals surface area (Å²) in [5.74, 6) is 0.725. The molecule has 1 aromatic heterocycles. The summed E-state index contributed by atoms with van der Waals surface area (Å²) in [7, 11) is 1.68. The number of ether oxygens (including phenoxy) is 1. The first kappa shape index (κ1) is 16.8. The van der Waals surface area contributed by atoms with E-state index in [9.17, 15) is 0 Å². The van der Waals surface area contributed by atoms with Gasteiger partial charge in [0.25, 0.3) is 0 Å². The second kappa shape index (κ2) is 7.67. The molecular formula is C20H27N3O. The van der Waals surface area contributed by atoms with Gasteiger partial charge >= 0.3 is 0 Å². The van der Waals surface area contributed by atoms with Crippen LogP contribution in [0.2, 0.25) is 0 Å².